The average molecular weight is 240 g/mol. The number of aliphatic hydroxyl groups is 1. The SMILES string of the molecule is Nc1cc(CC(O)C2Cc3ccccc32)ccn1. The second kappa shape index (κ2) is 4.42. The van der Waals surface area contributed by atoms with Crippen LogP contribution in [0.3, 0.4) is 0 Å². The van der Waals surface area contributed by atoms with Gasteiger partial charge in [0.15, 0.2) is 0 Å². The first-order valence-corrected chi connectivity index (χ1v) is 6.20. The van der Waals surface area contributed by atoms with Crippen LogP contribution >= 0.6 is 0 Å². The number of aliphatic hydroxyl groups excluding tert-OH is 1. The molecule has 3 heteroatoms. The summed E-state index contributed by atoms with van der Waals surface area (Å²) in [5.41, 5.74) is 9.32. The summed E-state index contributed by atoms with van der Waals surface area (Å²) in [6.45, 7) is 0. The third-order valence-corrected chi connectivity index (χ3v) is 3.65. The Morgan fingerprint density at radius 3 is 2.94 bits per heavy atom. The van der Waals surface area contributed by atoms with Crippen molar-refractivity contribution >= 4 is 5.82 Å². The number of fused-ring (bicyclic) bond motifs is 1. The summed E-state index contributed by atoms with van der Waals surface area (Å²) in [7, 11) is 0. The molecule has 0 bridgehead atoms. The van der Waals surface area contributed by atoms with E-state index in [-0.39, 0.29) is 12.0 Å². The Morgan fingerprint density at radius 2 is 2.17 bits per heavy atom. The molecule has 3 N–H and O–H groups in total. The minimum atomic E-state index is -0.346. The van der Waals surface area contributed by atoms with Crippen LogP contribution in [0.15, 0.2) is 42.6 Å². The highest BCUT2D eigenvalue weighted by molar-refractivity contribution is 5.41. The maximum absolute atomic E-state index is 10.3. The number of nitrogens with two attached hydrogens (primary N) is 1. The van der Waals surface area contributed by atoms with Crippen LogP contribution < -0.4 is 5.73 Å². The molecule has 2 aromatic rings. The van der Waals surface area contributed by atoms with Gasteiger partial charge in [0.05, 0.1) is 6.10 Å². The smallest absolute Gasteiger partial charge is 0.123 e. The second-order valence-electron chi connectivity index (χ2n) is 4.87. The molecular weight excluding hydrogens is 224 g/mol. The molecule has 3 nitrogen and oxygen atoms in total. The number of hydrogen-bond acceptors (Lipinski definition) is 3. The van der Waals surface area contributed by atoms with Gasteiger partial charge in [0.25, 0.3) is 0 Å². The molecule has 1 aromatic heterocycles. The number of benzene rings is 1. The summed E-state index contributed by atoms with van der Waals surface area (Å²) in [4.78, 5) is 3.96. The number of aromatic nitrogens is 1. The van der Waals surface area contributed by atoms with Crippen LogP contribution in [0.2, 0.25) is 0 Å². The zero-order valence-electron chi connectivity index (χ0n) is 10.1. The molecular formula is C15H16N2O. The maximum atomic E-state index is 10.3. The Labute approximate surface area is 106 Å². The number of pyridine rings is 1. The summed E-state index contributed by atoms with van der Waals surface area (Å²) >= 11 is 0. The van der Waals surface area contributed by atoms with E-state index in [1.165, 1.54) is 11.1 Å². The van der Waals surface area contributed by atoms with Gasteiger partial charge in [-0.1, -0.05) is 24.3 Å². The Hall–Kier alpha value is -1.87. The van der Waals surface area contributed by atoms with Gasteiger partial charge in [-0.25, -0.2) is 4.98 Å². The third-order valence-electron chi connectivity index (χ3n) is 3.65. The van der Waals surface area contributed by atoms with Crippen LogP contribution in [-0.4, -0.2) is 16.2 Å². The number of rotatable bonds is 3. The monoisotopic (exact) mass is 240 g/mol. The highest BCUT2D eigenvalue weighted by atomic mass is 16.3. The van der Waals surface area contributed by atoms with E-state index < -0.39 is 0 Å². The Morgan fingerprint density at radius 1 is 1.33 bits per heavy atom. The fourth-order valence-corrected chi connectivity index (χ4v) is 2.65. The van der Waals surface area contributed by atoms with Gasteiger partial charge in [0, 0.05) is 12.1 Å². The fourth-order valence-electron chi connectivity index (χ4n) is 2.65. The summed E-state index contributed by atoms with van der Waals surface area (Å²) in [5, 5.41) is 10.3. The lowest BCUT2D eigenvalue weighted by atomic mass is 9.73. The molecule has 0 aliphatic heterocycles. The minimum absolute atomic E-state index is 0.260. The fraction of sp³-hybridized carbons (Fsp3) is 0.267. The van der Waals surface area contributed by atoms with E-state index in [1.807, 2.05) is 24.3 Å². The molecule has 2 unspecified atom stereocenters. The van der Waals surface area contributed by atoms with E-state index in [1.54, 1.807) is 6.20 Å². The van der Waals surface area contributed by atoms with E-state index in [0.29, 0.717) is 12.2 Å². The zero-order chi connectivity index (χ0) is 12.5. The minimum Gasteiger partial charge on any atom is -0.392 e. The zero-order valence-corrected chi connectivity index (χ0v) is 10.1. The molecule has 1 aliphatic rings. The lowest BCUT2D eigenvalue weighted by Crippen LogP contribution is -2.30. The molecule has 1 aliphatic carbocycles. The van der Waals surface area contributed by atoms with Crippen molar-refractivity contribution < 1.29 is 5.11 Å². The quantitative estimate of drug-likeness (QED) is 0.861. The lowest BCUT2D eigenvalue weighted by molar-refractivity contribution is 0.133. The van der Waals surface area contributed by atoms with Crippen molar-refractivity contribution in [1.82, 2.24) is 4.98 Å². The molecule has 0 saturated heterocycles. The van der Waals surface area contributed by atoms with Crippen molar-refractivity contribution in [2.45, 2.75) is 24.9 Å². The number of anilines is 1. The van der Waals surface area contributed by atoms with Gasteiger partial charge in [-0.3, -0.25) is 0 Å². The van der Waals surface area contributed by atoms with Crippen LogP contribution in [0.4, 0.5) is 5.82 Å². The predicted octanol–water partition coefficient (Wildman–Crippen LogP) is 1.91. The van der Waals surface area contributed by atoms with Crippen LogP contribution in [0.1, 0.15) is 22.6 Å². The summed E-state index contributed by atoms with van der Waals surface area (Å²) < 4.78 is 0. The van der Waals surface area contributed by atoms with Crippen molar-refractivity contribution in [3.05, 3.63) is 59.3 Å². The molecule has 18 heavy (non-hydrogen) atoms. The Kier molecular flexibility index (Phi) is 2.76. The van der Waals surface area contributed by atoms with E-state index in [4.69, 9.17) is 5.73 Å². The van der Waals surface area contributed by atoms with Gasteiger partial charge in [-0.15, -0.1) is 0 Å². The van der Waals surface area contributed by atoms with Gasteiger partial charge >= 0.3 is 0 Å². The highest BCUT2D eigenvalue weighted by Gasteiger charge is 2.31. The van der Waals surface area contributed by atoms with Gasteiger partial charge in [0.1, 0.15) is 5.82 Å². The number of hydrogen-bond donors (Lipinski definition) is 2. The molecule has 0 radical (unpaired) electrons. The van der Waals surface area contributed by atoms with E-state index >= 15 is 0 Å². The highest BCUT2D eigenvalue weighted by Crippen LogP contribution is 2.38. The normalized spacial score (nSPS) is 18.8. The van der Waals surface area contributed by atoms with Gasteiger partial charge in [-0.2, -0.15) is 0 Å². The first-order valence-electron chi connectivity index (χ1n) is 6.20. The molecule has 0 saturated carbocycles. The molecule has 0 spiro atoms. The Bertz CT molecular complexity index is 568. The first-order chi connectivity index (χ1) is 8.74. The number of nitrogens with zero attached hydrogens (tertiary/aromatic N) is 1. The van der Waals surface area contributed by atoms with Crippen molar-refractivity contribution in [2.24, 2.45) is 0 Å². The number of nitrogen functional groups attached to an aromatic ring is 1. The average Bonchev–Trinajstić information content (AvgIpc) is 2.30. The van der Waals surface area contributed by atoms with Crippen molar-refractivity contribution in [2.75, 3.05) is 5.73 Å². The largest absolute Gasteiger partial charge is 0.392 e. The van der Waals surface area contributed by atoms with E-state index in [9.17, 15) is 5.11 Å². The van der Waals surface area contributed by atoms with Crippen molar-refractivity contribution in [3.8, 4) is 0 Å². The summed E-state index contributed by atoms with van der Waals surface area (Å²) in [5.74, 6) is 0.768. The molecule has 3 rings (SSSR count). The van der Waals surface area contributed by atoms with Gasteiger partial charge in [0.2, 0.25) is 0 Å². The lowest BCUT2D eigenvalue weighted by Gasteiger charge is -2.34. The summed E-state index contributed by atoms with van der Waals surface area (Å²) in [6.07, 6.45) is 2.94. The molecule has 0 amide bonds. The van der Waals surface area contributed by atoms with Crippen LogP contribution in [0.5, 0.6) is 0 Å². The van der Waals surface area contributed by atoms with Crippen LogP contribution in [0.25, 0.3) is 0 Å². The van der Waals surface area contributed by atoms with E-state index in [2.05, 4.69) is 17.1 Å². The summed E-state index contributed by atoms with van der Waals surface area (Å²) in [6, 6.07) is 12.0. The van der Waals surface area contributed by atoms with Crippen molar-refractivity contribution in [1.29, 1.82) is 0 Å². The standard InChI is InChI=1S/C15H16N2O/c16-15-8-10(5-6-17-15)7-14(18)13-9-11-3-1-2-4-12(11)13/h1-6,8,13-14,18H,7,9H2,(H2,16,17). The Balaban J connectivity index is 1.72. The molecule has 1 aromatic carbocycles. The van der Waals surface area contributed by atoms with Gasteiger partial charge in [-0.05, 0) is 41.7 Å². The predicted molar refractivity (Wildman–Crippen MR) is 71.2 cm³/mol. The first kappa shape index (κ1) is 11.2. The van der Waals surface area contributed by atoms with Crippen molar-refractivity contribution in [3.63, 3.8) is 0 Å². The molecule has 1 heterocycles. The van der Waals surface area contributed by atoms with Gasteiger partial charge < -0.3 is 10.8 Å². The second-order valence-corrected chi connectivity index (χ2v) is 4.87. The maximum Gasteiger partial charge on any atom is 0.123 e. The molecule has 0 fully saturated rings. The van der Waals surface area contributed by atoms with Crippen LogP contribution in [-0.2, 0) is 12.8 Å². The third kappa shape index (κ3) is 1.97. The van der Waals surface area contributed by atoms with Crippen LogP contribution in [0, 0.1) is 0 Å². The topological polar surface area (TPSA) is 59.1 Å². The van der Waals surface area contributed by atoms with E-state index in [0.717, 1.165) is 12.0 Å². The molecule has 92 valence electrons. The molecule has 2 atom stereocenters.